The van der Waals surface area contributed by atoms with Gasteiger partial charge in [0, 0.05) is 19.0 Å². The van der Waals surface area contributed by atoms with E-state index in [0.29, 0.717) is 32.2 Å². The fraction of sp³-hybridized carbons (Fsp3) is 0.833. The van der Waals surface area contributed by atoms with Gasteiger partial charge in [0.15, 0.2) is 0 Å². The maximum atomic E-state index is 11.8. The Morgan fingerprint density at radius 1 is 1.15 bits per heavy atom. The molecule has 1 rings (SSSR count). The van der Waals surface area contributed by atoms with Crippen molar-refractivity contribution in [3.05, 3.63) is 0 Å². The monoisotopic (exact) mass is 306 g/mol. The topological polar surface area (TPSA) is 113 Å². The van der Waals surface area contributed by atoms with E-state index in [2.05, 4.69) is 10.0 Å². The van der Waals surface area contributed by atoms with Crippen molar-refractivity contribution in [3.8, 4) is 0 Å². The van der Waals surface area contributed by atoms with Gasteiger partial charge in [0.2, 0.25) is 15.9 Å². The average molecular weight is 306 g/mol. The third-order valence-corrected chi connectivity index (χ3v) is 4.95. The van der Waals surface area contributed by atoms with Crippen molar-refractivity contribution in [2.45, 2.75) is 32.6 Å². The van der Waals surface area contributed by atoms with Crippen molar-refractivity contribution >= 4 is 21.9 Å². The molecule has 0 unspecified atom stereocenters. The Balaban J connectivity index is 2.29. The van der Waals surface area contributed by atoms with E-state index in [0.717, 1.165) is 0 Å². The zero-order chi connectivity index (χ0) is 15.2. The van der Waals surface area contributed by atoms with Gasteiger partial charge in [0.25, 0.3) is 0 Å². The maximum Gasteiger partial charge on any atom is 0.306 e. The predicted molar refractivity (Wildman–Crippen MR) is 73.6 cm³/mol. The second-order valence-corrected chi connectivity index (χ2v) is 6.92. The second-order valence-electron chi connectivity index (χ2n) is 4.99. The number of hydrogen-bond donors (Lipinski definition) is 3. The van der Waals surface area contributed by atoms with Crippen LogP contribution in [0, 0.1) is 11.8 Å². The van der Waals surface area contributed by atoms with E-state index in [1.165, 1.54) is 0 Å². The summed E-state index contributed by atoms with van der Waals surface area (Å²) in [5.74, 6) is -1.68. The first-order valence-corrected chi connectivity index (χ1v) is 8.48. The standard InChI is InChI=1S/C12H22N2O5S/c1-2-14-20(18,19)8-7-13-11(15)9-3-5-10(6-4-9)12(16)17/h9-10,14H,2-8H2,1H3,(H,13,15)(H,16,17). The summed E-state index contributed by atoms with van der Waals surface area (Å²) in [7, 11) is -3.32. The van der Waals surface area contributed by atoms with Gasteiger partial charge in [-0.25, -0.2) is 13.1 Å². The van der Waals surface area contributed by atoms with Crippen LogP contribution in [0.4, 0.5) is 0 Å². The minimum Gasteiger partial charge on any atom is -0.481 e. The first kappa shape index (κ1) is 16.9. The van der Waals surface area contributed by atoms with E-state index in [4.69, 9.17) is 5.11 Å². The summed E-state index contributed by atoms with van der Waals surface area (Å²) in [6.07, 6.45) is 2.09. The molecule has 0 spiro atoms. The molecule has 0 saturated heterocycles. The Labute approximate surface area is 119 Å². The lowest BCUT2D eigenvalue weighted by molar-refractivity contribution is -0.144. The van der Waals surface area contributed by atoms with Crippen LogP contribution in [-0.2, 0) is 19.6 Å². The number of aliphatic carboxylic acids is 1. The van der Waals surface area contributed by atoms with E-state index in [1.54, 1.807) is 6.92 Å². The van der Waals surface area contributed by atoms with Gasteiger partial charge in [-0.2, -0.15) is 0 Å². The molecule has 0 aromatic carbocycles. The Bertz CT molecular complexity index is 441. The second kappa shape index (κ2) is 7.58. The predicted octanol–water partition coefficient (Wildman–Crippen LogP) is -0.0671. The average Bonchev–Trinajstić information content (AvgIpc) is 2.38. The Morgan fingerprint density at radius 2 is 1.70 bits per heavy atom. The minimum atomic E-state index is -3.32. The molecule has 0 radical (unpaired) electrons. The smallest absolute Gasteiger partial charge is 0.306 e. The molecule has 1 fully saturated rings. The van der Waals surface area contributed by atoms with Crippen LogP contribution in [-0.4, -0.2) is 44.2 Å². The molecule has 1 saturated carbocycles. The molecule has 116 valence electrons. The molecule has 0 aliphatic heterocycles. The number of sulfonamides is 1. The third kappa shape index (κ3) is 5.46. The summed E-state index contributed by atoms with van der Waals surface area (Å²) in [6.45, 7) is 2.10. The van der Waals surface area contributed by atoms with Crippen molar-refractivity contribution in [2.75, 3.05) is 18.8 Å². The van der Waals surface area contributed by atoms with E-state index in [1.807, 2.05) is 0 Å². The van der Waals surface area contributed by atoms with Crippen molar-refractivity contribution in [3.63, 3.8) is 0 Å². The number of nitrogens with one attached hydrogen (secondary N) is 2. The lowest BCUT2D eigenvalue weighted by Crippen LogP contribution is -2.38. The summed E-state index contributed by atoms with van der Waals surface area (Å²) in [4.78, 5) is 22.6. The van der Waals surface area contributed by atoms with Gasteiger partial charge in [-0.05, 0) is 25.7 Å². The van der Waals surface area contributed by atoms with Gasteiger partial charge < -0.3 is 10.4 Å². The summed E-state index contributed by atoms with van der Waals surface area (Å²) in [5, 5.41) is 11.5. The van der Waals surface area contributed by atoms with Crippen LogP contribution in [0.15, 0.2) is 0 Å². The molecule has 8 heteroatoms. The molecule has 0 atom stereocenters. The van der Waals surface area contributed by atoms with Crippen LogP contribution in [0.1, 0.15) is 32.6 Å². The Hall–Kier alpha value is -1.15. The highest BCUT2D eigenvalue weighted by molar-refractivity contribution is 7.89. The lowest BCUT2D eigenvalue weighted by atomic mass is 9.81. The number of carboxylic acid groups (broad SMARTS) is 1. The van der Waals surface area contributed by atoms with Crippen molar-refractivity contribution in [1.29, 1.82) is 0 Å². The molecular formula is C12H22N2O5S. The molecule has 0 bridgehead atoms. The zero-order valence-electron chi connectivity index (χ0n) is 11.6. The molecule has 0 aromatic rings. The van der Waals surface area contributed by atoms with Crippen LogP contribution in [0.25, 0.3) is 0 Å². The van der Waals surface area contributed by atoms with Crippen molar-refractivity contribution in [1.82, 2.24) is 10.0 Å². The van der Waals surface area contributed by atoms with Gasteiger partial charge in [-0.1, -0.05) is 6.92 Å². The highest BCUT2D eigenvalue weighted by Gasteiger charge is 2.29. The zero-order valence-corrected chi connectivity index (χ0v) is 12.4. The highest BCUT2D eigenvalue weighted by Crippen LogP contribution is 2.28. The number of carboxylic acids is 1. The summed E-state index contributed by atoms with van der Waals surface area (Å²) >= 11 is 0. The molecule has 1 aliphatic rings. The van der Waals surface area contributed by atoms with Crippen LogP contribution in [0.5, 0.6) is 0 Å². The van der Waals surface area contributed by atoms with Crippen LogP contribution < -0.4 is 10.0 Å². The normalized spacial score (nSPS) is 23.2. The molecule has 0 aromatic heterocycles. The van der Waals surface area contributed by atoms with E-state index in [9.17, 15) is 18.0 Å². The van der Waals surface area contributed by atoms with Crippen LogP contribution in [0.2, 0.25) is 0 Å². The SMILES string of the molecule is CCNS(=O)(=O)CCNC(=O)C1CCC(C(=O)O)CC1. The number of rotatable bonds is 7. The molecule has 20 heavy (non-hydrogen) atoms. The van der Waals surface area contributed by atoms with Gasteiger partial charge in [-0.3, -0.25) is 9.59 Å². The number of amides is 1. The van der Waals surface area contributed by atoms with Crippen molar-refractivity contribution < 1.29 is 23.1 Å². The largest absolute Gasteiger partial charge is 0.481 e. The van der Waals surface area contributed by atoms with E-state index < -0.39 is 16.0 Å². The third-order valence-electron chi connectivity index (χ3n) is 3.48. The van der Waals surface area contributed by atoms with Gasteiger partial charge >= 0.3 is 5.97 Å². The Morgan fingerprint density at radius 3 is 2.20 bits per heavy atom. The minimum absolute atomic E-state index is 0.0764. The fourth-order valence-electron chi connectivity index (χ4n) is 2.35. The first-order chi connectivity index (χ1) is 9.35. The van der Waals surface area contributed by atoms with Crippen molar-refractivity contribution in [2.24, 2.45) is 11.8 Å². The van der Waals surface area contributed by atoms with Gasteiger partial charge in [0.1, 0.15) is 0 Å². The Kier molecular flexibility index (Phi) is 6.41. The number of carbonyl (C=O) groups excluding carboxylic acids is 1. The molecule has 1 amide bonds. The molecule has 0 heterocycles. The van der Waals surface area contributed by atoms with Crippen LogP contribution in [0.3, 0.4) is 0 Å². The lowest BCUT2D eigenvalue weighted by Gasteiger charge is -2.25. The van der Waals surface area contributed by atoms with Crippen LogP contribution >= 0.6 is 0 Å². The van der Waals surface area contributed by atoms with E-state index in [-0.39, 0.29) is 30.0 Å². The molecule has 1 aliphatic carbocycles. The van der Waals surface area contributed by atoms with Gasteiger partial charge in [0.05, 0.1) is 11.7 Å². The summed E-state index contributed by atoms with van der Waals surface area (Å²) in [6, 6.07) is 0. The fourth-order valence-corrected chi connectivity index (χ4v) is 3.30. The maximum absolute atomic E-state index is 11.8. The summed E-state index contributed by atoms with van der Waals surface area (Å²) in [5.41, 5.74) is 0. The van der Waals surface area contributed by atoms with E-state index >= 15 is 0 Å². The van der Waals surface area contributed by atoms with Gasteiger partial charge in [-0.15, -0.1) is 0 Å². The first-order valence-electron chi connectivity index (χ1n) is 6.83. The quantitative estimate of drug-likeness (QED) is 0.609. The summed E-state index contributed by atoms with van der Waals surface area (Å²) < 4.78 is 25.1. The molecular weight excluding hydrogens is 284 g/mol. The number of carbonyl (C=O) groups is 2. The highest BCUT2D eigenvalue weighted by atomic mass is 32.2. The molecule has 3 N–H and O–H groups in total. The number of hydrogen-bond acceptors (Lipinski definition) is 4. The molecule has 7 nitrogen and oxygen atoms in total.